The number of hydrogen-bond donors (Lipinski definition) is 1. The average Bonchev–Trinajstić information content (AvgIpc) is 2.76. The Balaban J connectivity index is 2.27. The zero-order chi connectivity index (χ0) is 23.7. The Morgan fingerprint density at radius 1 is 1.06 bits per heavy atom. The molecule has 1 atom stereocenters. The molecule has 0 radical (unpaired) electrons. The Morgan fingerprint density at radius 2 is 1.69 bits per heavy atom. The number of rotatable bonds is 11. The first-order valence-electron chi connectivity index (χ1n) is 10.5. The number of amides is 2. The van der Waals surface area contributed by atoms with Gasteiger partial charge in [0, 0.05) is 16.7 Å². The highest BCUT2D eigenvalue weighted by Gasteiger charge is 2.29. The van der Waals surface area contributed by atoms with Gasteiger partial charge in [0.25, 0.3) is 0 Å². The number of carbonyl (C=O) groups is 2. The van der Waals surface area contributed by atoms with E-state index in [4.69, 9.17) is 0 Å². The van der Waals surface area contributed by atoms with E-state index in [1.165, 1.54) is 4.90 Å². The van der Waals surface area contributed by atoms with Crippen LogP contribution in [0.5, 0.6) is 0 Å². The lowest BCUT2D eigenvalue weighted by molar-refractivity contribution is -0.138. The van der Waals surface area contributed by atoms with E-state index in [1.54, 1.807) is 31.2 Å². The van der Waals surface area contributed by atoms with Crippen molar-refractivity contribution in [3.63, 3.8) is 0 Å². The van der Waals surface area contributed by atoms with E-state index in [2.05, 4.69) is 27.9 Å². The predicted octanol–water partition coefficient (Wildman–Crippen LogP) is 3.04. The van der Waals surface area contributed by atoms with Crippen LogP contribution in [0.1, 0.15) is 25.8 Å². The summed E-state index contributed by atoms with van der Waals surface area (Å²) in [5, 5.41) is 2.82. The first kappa shape index (κ1) is 26.1. The van der Waals surface area contributed by atoms with Crippen molar-refractivity contribution in [2.45, 2.75) is 32.7 Å². The van der Waals surface area contributed by atoms with E-state index in [9.17, 15) is 18.0 Å². The maximum atomic E-state index is 13.3. The number of halogens is 1. The molecule has 2 amide bonds. The quantitative estimate of drug-likeness (QED) is 0.421. The number of anilines is 1. The lowest BCUT2D eigenvalue weighted by Gasteiger charge is -2.31. The number of nitrogens with one attached hydrogen (secondary N) is 1. The Bertz CT molecular complexity index is 998. The van der Waals surface area contributed by atoms with Gasteiger partial charge in [-0.25, -0.2) is 8.42 Å². The van der Waals surface area contributed by atoms with Gasteiger partial charge in [0.15, 0.2) is 0 Å². The number of sulfonamides is 1. The number of nitrogens with zero attached hydrogens (tertiary/aromatic N) is 2. The average molecular weight is 571 g/mol. The van der Waals surface area contributed by atoms with Crippen LogP contribution in [0.4, 0.5) is 5.69 Å². The summed E-state index contributed by atoms with van der Waals surface area (Å²) in [7, 11) is -3.70. The van der Waals surface area contributed by atoms with Crippen LogP contribution in [-0.4, -0.2) is 57.1 Å². The molecule has 2 aromatic carbocycles. The maximum Gasteiger partial charge on any atom is 0.244 e. The van der Waals surface area contributed by atoms with Gasteiger partial charge in [0.1, 0.15) is 12.6 Å². The zero-order valence-electron chi connectivity index (χ0n) is 18.6. The second-order valence-corrected chi connectivity index (χ2v) is 10.7. The minimum absolute atomic E-state index is 0.256. The van der Waals surface area contributed by atoms with Crippen molar-refractivity contribution in [1.82, 2.24) is 10.2 Å². The van der Waals surface area contributed by atoms with Crippen LogP contribution in [0, 0.1) is 3.57 Å². The van der Waals surface area contributed by atoms with Crippen molar-refractivity contribution in [2.75, 3.05) is 30.2 Å². The van der Waals surface area contributed by atoms with Gasteiger partial charge in [0.05, 0.1) is 11.9 Å². The van der Waals surface area contributed by atoms with Crippen LogP contribution in [-0.2, 0) is 26.0 Å². The zero-order valence-corrected chi connectivity index (χ0v) is 21.6. The van der Waals surface area contributed by atoms with Crippen molar-refractivity contribution >= 4 is 50.1 Å². The number of hydrogen-bond acceptors (Lipinski definition) is 4. The van der Waals surface area contributed by atoms with Crippen molar-refractivity contribution in [2.24, 2.45) is 0 Å². The first-order chi connectivity index (χ1) is 15.1. The number of carbonyl (C=O) groups excluding carboxylic acids is 2. The molecule has 2 rings (SSSR count). The largest absolute Gasteiger partial charge is 0.354 e. The van der Waals surface area contributed by atoms with E-state index < -0.39 is 22.0 Å². The Morgan fingerprint density at radius 3 is 2.25 bits per heavy atom. The molecule has 0 aliphatic carbocycles. The monoisotopic (exact) mass is 571 g/mol. The summed E-state index contributed by atoms with van der Waals surface area (Å²) in [6.45, 7) is 4.06. The minimum Gasteiger partial charge on any atom is -0.354 e. The van der Waals surface area contributed by atoms with Crippen LogP contribution in [0.3, 0.4) is 0 Å². The fourth-order valence-corrected chi connectivity index (χ4v) is 4.40. The van der Waals surface area contributed by atoms with Crippen LogP contribution in [0.15, 0.2) is 54.6 Å². The summed E-state index contributed by atoms with van der Waals surface area (Å²) in [6, 6.07) is 15.8. The lowest BCUT2D eigenvalue weighted by atomic mass is 10.1. The predicted molar refractivity (Wildman–Crippen MR) is 136 cm³/mol. The molecule has 0 heterocycles. The highest BCUT2D eigenvalue weighted by Crippen LogP contribution is 2.20. The third-order valence-corrected chi connectivity index (χ3v) is 6.85. The molecule has 0 unspecified atom stereocenters. The minimum atomic E-state index is -3.70. The fraction of sp³-hybridized carbons (Fsp3) is 0.391. The molecule has 0 saturated heterocycles. The molecule has 32 heavy (non-hydrogen) atoms. The van der Waals surface area contributed by atoms with Gasteiger partial charge in [-0.2, -0.15) is 0 Å². The van der Waals surface area contributed by atoms with Gasteiger partial charge in [-0.15, -0.1) is 0 Å². The first-order valence-corrected chi connectivity index (χ1v) is 13.4. The molecule has 1 N–H and O–H groups in total. The molecule has 0 aromatic heterocycles. The third-order valence-electron chi connectivity index (χ3n) is 4.99. The normalized spacial score (nSPS) is 12.1. The van der Waals surface area contributed by atoms with E-state index in [-0.39, 0.29) is 12.5 Å². The highest BCUT2D eigenvalue weighted by molar-refractivity contribution is 14.1. The van der Waals surface area contributed by atoms with Gasteiger partial charge in [0.2, 0.25) is 21.8 Å². The van der Waals surface area contributed by atoms with Crippen LogP contribution in [0.25, 0.3) is 0 Å². The Hall–Kier alpha value is -2.14. The molecule has 0 aliphatic rings. The van der Waals surface area contributed by atoms with E-state index >= 15 is 0 Å². The molecule has 9 heteroatoms. The molecule has 7 nitrogen and oxygen atoms in total. The molecule has 174 valence electrons. The van der Waals surface area contributed by atoms with Crippen molar-refractivity contribution in [1.29, 1.82) is 0 Å². The Kier molecular flexibility index (Phi) is 9.95. The van der Waals surface area contributed by atoms with Crippen LogP contribution in [0.2, 0.25) is 0 Å². The SMILES string of the molecule is CCCNC(=O)[C@H](C)N(CCc1ccccc1)C(=O)CN(c1ccc(I)cc1)S(C)(=O)=O. The second-order valence-electron chi connectivity index (χ2n) is 7.54. The molecular weight excluding hydrogens is 541 g/mol. The molecule has 0 aliphatic heterocycles. The lowest BCUT2D eigenvalue weighted by Crippen LogP contribution is -2.52. The van der Waals surface area contributed by atoms with E-state index in [0.717, 1.165) is 26.1 Å². The smallest absolute Gasteiger partial charge is 0.244 e. The van der Waals surface area contributed by atoms with E-state index in [0.29, 0.717) is 25.2 Å². The molecule has 0 spiro atoms. The van der Waals surface area contributed by atoms with Crippen LogP contribution >= 0.6 is 22.6 Å². The van der Waals surface area contributed by atoms with Gasteiger partial charge in [-0.3, -0.25) is 13.9 Å². The fourth-order valence-electron chi connectivity index (χ4n) is 3.19. The number of benzene rings is 2. The molecule has 0 fully saturated rings. The van der Waals surface area contributed by atoms with E-state index in [1.807, 2.05) is 37.3 Å². The van der Waals surface area contributed by atoms with Crippen molar-refractivity contribution < 1.29 is 18.0 Å². The molecule has 0 saturated carbocycles. The third kappa shape index (κ3) is 7.77. The summed E-state index contributed by atoms with van der Waals surface area (Å²) in [5.41, 5.74) is 1.44. The van der Waals surface area contributed by atoms with Crippen molar-refractivity contribution in [3.05, 3.63) is 63.7 Å². The molecular formula is C23H30IN3O4S. The van der Waals surface area contributed by atoms with Crippen molar-refractivity contribution in [3.8, 4) is 0 Å². The van der Waals surface area contributed by atoms with Gasteiger partial charge in [-0.1, -0.05) is 37.3 Å². The van der Waals surface area contributed by atoms with Crippen LogP contribution < -0.4 is 9.62 Å². The standard InChI is InChI=1S/C23H30IN3O4S/c1-4-15-25-23(29)18(2)26(16-14-19-8-6-5-7-9-19)22(28)17-27(32(3,30)31)21-12-10-20(24)11-13-21/h5-13,18H,4,14-17H2,1-3H3,(H,25,29)/t18-/m0/s1. The summed E-state index contributed by atoms with van der Waals surface area (Å²) in [5.74, 6) is -0.683. The van der Waals surface area contributed by atoms with Gasteiger partial charge in [-0.05, 0) is 72.2 Å². The molecule has 2 aromatic rings. The summed E-state index contributed by atoms with van der Waals surface area (Å²) < 4.78 is 27.0. The maximum absolute atomic E-state index is 13.3. The molecule has 0 bridgehead atoms. The highest BCUT2D eigenvalue weighted by atomic mass is 127. The summed E-state index contributed by atoms with van der Waals surface area (Å²) >= 11 is 2.13. The Labute approximate surface area is 204 Å². The summed E-state index contributed by atoms with van der Waals surface area (Å²) in [6.07, 6.45) is 2.41. The second kappa shape index (κ2) is 12.2. The van der Waals surface area contributed by atoms with Gasteiger partial charge < -0.3 is 10.2 Å². The topological polar surface area (TPSA) is 86.8 Å². The summed E-state index contributed by atoms with van der Waals surface area (Å²) in [4.78, 5) is 27.4. The van der Waals surface area contributed by atoms with Gasteiger partial charge >= 0.3 is 0 Å².